The Labute approximate surface area is 140 Å². The fraction of sp³-hybridized carbons (Fsp3) is 0.529. The number of carbonyl (C=O) groups excluding carboxylic acids is 1. The van der Waals surface area contributed by atoms with E-state index in [0.29, 0.717) is 0 Å². The fourth-order valence-corrected chi connectivity index (χ4v) is 3.86. The van der Waals surface area contributed by atoms with Crippen LogP contribution in [0, 0.1) is 0 Å². The molecule has 1 aromatic heterocycles. The van der Waals surface area contributed by atoms with Gasteiger partial charge in [0, 0.05) is 13.7 Å². The first-order valence-corrected chi connectivity index (χ1v) is 8.88. The van der Waals surface area contributed by atoms with Crippen LogP contribution in [0.4, 0.5) is 4.79 Å². The number of rotatable bonds is 4. The highest BCUT2D eigenvalue weighted by Crippen LogP contribution is 2.28. The number of hydrogen-bond acceptors (Lipinski definition) is 4. The number of aromatic nitrogens is 1. The number of urea groups is 1. The number of nitrogens with one attached hydrogen (secondary N) is 1. The first kappa shape index (κ1) is 16.2. The molecule has 5 nitrogen and oxygen atoms in total. The van der Waals surface area contributed by atoms with E-state index in [2.05, 4.69) is 16.4 Å². The summed E-state index contributed by atoms with van der Waals surface area (Å²) in [5, 5.41) is 4.00. The third-order valence-corrected chi connectivity index (χ3v) is 5.65. The van der Waals surface area contributed by atoms with E-state index < -0.39 is 0 Å². The molecule has 3 atom stereocenters. The summed E-state index contributed by atoms with van der Waals surface area (Å²) in [5.41, 5.74) is 0.987. The van der Waals surface area contributed by atoms with Crippen molar-refractivity contribution in [3.63, 3.8) is 0 Å². The lowest BCUT2D eigenvalue weighted by atomic mass is 10.1. The van der Waals surface area contributed by atoms with Crippen LogP contribution in [-0.4, -0.2) is 41.7 Å². The van der Waals surface area contributed by atoms with Crippen molar-refractivity contribution in [1.82, 2.24) is 15.2 Å². The maximum Gasteiger partial charge on any atom is 0.318 e. The maximum absolute atomic E-state index is 12.5. The van der Waals surface area contributed by atoms with Gasteiger partial charge in [-0.05, 0) is 38.8 Å². The summed E-state index contributed by atoms with van der Waals surface area (Å²) >= 11 is 1.64. The molecule has 1 saturated heterocycles. The van der Waals surface area contributed by atoms with Gasteiger partial charge in [0.15, 0.2) is 0 Å². The minimum Gasteiger partial charge on any atom is -0.376 e. The topological polar surface area (TPSA) is 54.5 Å². The molecule has 0 spiro atoms. The normalized spacial score (nSPS) is 20.4. The zero-order valence-corrected chi connectivity index (χ0v) is 14.6. The standard InChI is InChI=1S/C17H23N3O2S/c1-11(14-8-6-10-22-14)18-17(21)20(3)12(2)16-19-13-7-4-5-9-15(13)23-16/h4-5,7,9,11-12,14H,6,8,10H2,1-3H3,(H,18,21)/t11-,12-,14-/m0/s1. The van der Waals surface area contributed by atoms with E-state index in [1.54, 1.807) is 16.2 Å². The Bertz CT molecular complexity index is 648. The van der Waals surface area contributed by atoms with Crippen molar-refractivity contribution >= 4 is 27.6 Å². The Balaban J connectivity index is 1.65. The fourth-order valence-electron chi connectivity index (χ4n) is 2.80. The van der Waals surface area contributed by atoms with Crippen molar-refractivity contribution < 1.29 is 9.53 Å². The van der Waals surface area contributed by atoms with Crippen molar-refractivity contribution in [2.75, 3.05) is 13.7 Å². The summed E-state index contributed by atoms with van der Waals surface area (Å²) in [7, 11) is 1.81. The molecular formula is C17H23N3O2S. The van der Waals surface area contributed by atoms with E-state index in [9.17, 15) is 4.79 Å². The van der Waals surface area contributed by atoms with Crippen LogP contribution in [0.15, 0.2) is 24.3 Å². The molecule has 0 saturated carbocycles. The monoisotopic (exact) mass is 333 g/mol. The second-order valence-corrected chi connectivity index (χ2v) is 7.16. The maximum atomic E-state index is 12.5. The van der Waals surface area contributed by atoms with Crippen LogP contribution in [0.5, 0.6) is 0 Å². The smallest absolute Gasteiger partial charge is 0.318 e. The van der Waals surface area contributed by atoms with E-state index in [1.165, 1.54) is 0 Å². The number of thiazole rings is 1. The van der Waals surface area contributed by atoms with E-state index >= 15 is 0 Å². The van der Waals surface area contributed by atoms with Crippen LogP contribution in [-0.2, 0) is 4.74 Å². The number of fused-ring (bicyclic) bond motifs is 1. The Kier molecular flexibility index (Phi) is 4.82. The Morgan fingerprint density at radius 1 is 1.43 bits per heavy atom. The molecule has 1 N–H and O–H groups in total. The van der Waals surface area contributed by atoms with Crippen LogP contribution in [0.2, 0.25) is 0 Å². The average molecular weight is 333 g/mol. The summed E-state index contributed by atoms with van der Waals surface area (Å²) in [4.78, 5) is 18.8. The minimum atomic E-state index is -0.0836. The largest absolute Gasteiger partial charge is 0.376 e. The second-order valence-electron chi connectivity index (χ2n) is 6.10. The van der Waals surface area contributed by atoms with E-state index in [0.717, 1.165) is 34.7 Å². The number of para-hydroxylation sites is 1. The summed E-state index contributed by atoms with van der Waals surface area (Å²) < 4.78 is 6.79. The van der Waals surface area contributed by atoms with E-state index in [1.807, 2.05) is 39.1 Å². The zero-order valence-electron chi connectivity index (χ0n) is 13.8. The number of benzene rings is 1. The highest BCUT2D eigenvalue weighted by molar-refractivity contribution is 7.18. The molecule has 2 amide bonds. The van der Waals surface area contributed by atoms with E-state index in [-0.39, 0.29) is 24.2 Å². The van der Waals surface area contributed by atoms with Gasteiger partial charge in [-0.25, -0.2) is 9.78 Å². The molecule has 3 rings (SSSR count). The third kappa shape index (κ3) is 3.48. The quantitative estimate of drug-likeness (QED) is 0.930. The van der Waals surface area contributed by atoms with Gasteiger partial charge >= 0.3 is 6.03 Å². The first-order chi connectivity index (χ1) is 11.1. The van der Waals surface area contributed by atoms with Crippen molar-refractivity contribution in [3.05, 3.63) is 29.3 Å². The molecule has 0 bridgehead atoms. The summed E-state index contributed by atoms with van der Waals surface area (Å²) in [5.74, 6) is 0. The third-order valence-electron chi connectivity index (χ3n) is 4.44. The van der Waals surface area contributed by atoms with Crippen molar-refractivity contribution in [2.24, 2.45) is 0 Å². The molecule has 6 heteroatoms. The highest BCUT2D eigenvalue weighted by Gasteiger charge is 2.27. The van der Waals surface area contributed by atoms with Gasteiger partial charge in [0.2, 0.25) is 0 Å². The van der Waals surface area contributed by atoms with Gasteiger partial charge in [-0.1, -0.05) is 12.1 Å². The van der Waals surface area contributed by atoms with Gasteiger partial charge in [0.05, 0.1) is 28.4 Å². The summed E-state index contributed by atoms with van der Waals surface area (Å²) in [6.07, 6.45) is 2.21. The number of amides is 2. The lowest BCUT2D eigenvalue weighted by Gasteiger charge is -2.27. The molecule has 1 aliphatic rings. The summed E-state index contributed by atoms with van der Waals surface area (Å²) in [6.45, 7) is 4.81. The lowest BCUT2D eigenvalue weighted by Crippen LogP contribution is -2.47. The molecule has 1 aromatic carbocycles. The molecule has 2 heterocycles. The van der Waals surface area contributed by atoms with E-state index in [4.69, 9.17) is 4.74 Å². The molecular weight excluding hydrogens is 310 g/mol. The van der Waals surface area contributed by atoms with Gasteiger partial charge in [-0.3, -0.25) is 0 Å². The molecule has 23 heavy (non-hydrogen) atoms. The summed E-state index contributed by atoms with van der Waals surface area (Å²) in [6, 6.07) is 7.92. The highest BCUT2D eigenvalue weighted by atomic mass is 32.1. The minimum absolute atomic E-state index is 0.0232. The SMILES string of the molecule is C[C@H](NC(=O)N(C)[C@@H](C)c1nc2ccccc2s1)[C@@H]1CCCO1. The molecule has 0 unspecified atom stereocenters. The van der Waals surface area contributed by atoms with Crippen LogP contribution in [0.25, 0.3) is 10.2 Å². The van der Waals surface area contributed by atoms with Gasteiger partial charge in [-0.2, -0.15) is 0 Å². The van der Waals surface area contributed by atoms with Gasteiger partial charge in [0.25, 0.3) is 0 Å². The van der Waals surface area contributed by atoms with Gasteiger partial charge < -0.3 is 15.0 Å². The molecule has 2 aromatic rings. The second kappa shape index (κ2) is 6.84. The molecule has 1 fully saturated rings. The zero-order chi connectivity index (χ0) is 16.4. The predicted molar refractivity (Wildman–Crippen MR) is 92.8 cm³/mol. The van der Waals surface area contributed by atoms with Gasteiger partial charge in [0.1, 0.15) is 5.01 Å². The number of carbonyl (C=O) groups is 1. The van der Waals surface area contributed by atoms with Crippen LogP contribution >= 0.6 is 11.3 Å². The Hall–Kier alpha value is -1.66. The Morgan fingerprint density at radius 3 is 2.91 bits per heavy atom. The number of nitrogens with zero attached hydrogens (tertiary/aromatic N) is 2. The Morgan fingerprint density at radius 2 is 2.22 bits per heavy atom. The molecule has 124 valence electrons. The molecule has 0 aliphatic carbocycles. The number of ether oxygens (including phenoxy) is 1. The molecule has 1 aliphatic heterocycles. The van der Waals surface area contributed by atoms with Crippen LogP contribution in [0.1, 0.15) is 37.7 Å². The first-order valence-electron chi connectivity index (χ1n) is 8.06. The van der Waals surface area contributed by atoms with Gasteiger partial charge in [-0.15, -0.1) is 11.3 Å². The van der Waals surface area contributed by atoms with Crippen molar-refractivity contribution in [2.45, 2.75) is 44.9 Å². The van der Waals surface area contributed by atoms with Crippen molar-refractivity contribution in [1.29, 1.82) is 0 Å². The predicted octanol–water partition coefficient (Wildman–Crippen LogP) is 3.57. The van der Waals surface area contributed by atoms with Crippen LogP contribution < -0.4 is 5.32 Å². The lowest BCUT2D eigenvalue weighted by molar-refractivity contribution is 0.0830. The molecule has 0 radical (unpaired) electrons. The average Bonchev–Trinajstić information content (AvgIpc) is 3.22. The van der Waals surface area contributed by atoms with Crippen molar-refractivity contribution in [3.8, 4) is 0 Å². The number of hydrogen-bond donors (Lipinski definition) is 1. The van der Waals surface area contributed by atoms with Crippen LogP contribution in [0.3, 0.4) is 0 Å².